The molecule has 0 aromatic carbocycles. The van der Waals surface area contributed by atoms with Crippen molar-refractivity contribution in [3.8, 4) is 0 Å². The summed E-state index contributed by atoms with van der Waals surface area (Å²) in [6, 6.07) is 0. The Morgan fingerprint density at radius 1 is 0.812 bits per heavy atom. The van der Waals surface area contributed by atoms with E-state index in [0.717, 1.165) is 6.29 Å². The third-order valence-corrected chi connectivity index (χ3v) is 0.682. The highest BCUT2D eigenvalue weighted by Crippen LogP contribution is 1.88. The molecule has 98 valence electrons. The molecule has 0 rings (SSSR count). The van der Waals surface area contributed by atoms with E-state index in [2.05, 4.69) is 13.2 Å². The van der Waals surface area contributed by atoms with Crippen LogP contribution in [-0.4, -0.2) is 6.29 Å². The molecule has 0 bridgehead atoms. The molecule has 0 aliphatic rings. The minimum absolute atomic E-state index is 0.556. The lowest BCUT2D eigenvalue weighted by Crippen LogP contribution is -1.73. The van der Waals surface area contributed by atoms with E-state index in [-0.39, 0.29) is 0 Å². The van der Waals surface area contributed by atoms with Crippen molar-refractivity contribution in [3.63, 3.8) is 0 Å². The Labute approximate surface area is 104 Å². The molecule has 0 atom stereocenters. The Hall–Kier alpha value is -1.11. The van der Waals surface area contributed by atoms with E-state index < -0.39 is 0 Å². The molecule has 0 saturated heterocycles. The topological polar surface area (TPSA) is 17.1 Å². The van der Waals surface area contributed by atoms with Crippen molar-refractivity contribution in [3.05, 3.63) is 37.0 Å². The lowest BCUT2D eigenvalue weighted by molar-refractivity contribution is -0.104. The molecular formula is C15H32O. The molecule has 0 aromatic rings. The van der Waals surface area contributed by atoms with Gasteiger partial charge in [0.25, 0.3) is 0 Å². The minimum Gasteiger partial charge on any atom is -0.298 e. The van der Waals surface area contributed by atoms with Crippen LogP contribution in [0.5, 0.6) is 0 Å². The Morgan fingerprint density at radius 2 is 1.12 bits per heavy atom. The first kappa shape index (κ1) is 29.4. The average Bonchev–Trinajstić information content (AvgIpc) is 2.45. The van der Waals surface area contributed by atoms with E-state index in [0.29, 0.717) is 5.57 Å². The lowest BCUT2D eigenvalue weighted by Gasteiger charge is -1.79. The van der Waals surface area contributed by atoms with E-state index in [9.17, 15) is 4.79 Å². The van der Waals surface area contributed by atoms with E-state index in [4.69, 9.17) is 0 Å². The molecule has 0 N–H and O–H groups in total. The zero-order chi connectivity index (χ0) is 14.4. The summed E-state index contributed by atoms with van der Waals surface area (Å²) in [7, 11) is 0. The average molecular weight is 228 g/mol. The molecule has 0 aromatic heterocycles. The molecule has 1 heteroatoms. The smallest absolute Gasteiger partial charge is 0.150 e. The van der Waals surface area contributed by atoms with Crippen molar-refractivity contribution in [2.45, 2.75) is 55.4 Å². The van der Waals surface area contributed by atoms with Crippen molar-refractivity contribution in [2.24, 2.45) is 0 Å². The van der Waals surface area contributed by atoms with Crippen LogP contribution in [0.1, 0.15) is 55.4 Å². The summed E-state index contributed by atoms with van der Waals surface area (Å²) >= 11 is 0. The molecule has 0 radical (unpaired) electrons. The fourth-order valence-corrected chi connectivity index (χ4v) is 0.292. The van der Waals surface area contributed by atoms with Gasteiger partial charge >= 0.3 is 0 Å². The van der Waals surface area contributed by atoms with Crippen LogP contribution in [0.2, 0.25) is 0 Å². The standard InChI is InChI=1S/C7H8O.4C2H6/c1-3-5-7(4-2)6-8;4*1-2/h3-6H,1-2H2;4*1-2H3/b7-5+;;;;. The Kier molecular flexibility index (Phi) is 122. The number of hydrogen-bond donors (Lipinski definition) is 0. The number of carbonyl (C=O) groups is 1. The monoisotopic (exact) mass is 228 g/mol. The normalized spacial score (nSPS) is 6.62. The molecule has 0 aliphatic carbocycles. The molecule has 1 nitrogen and oxygen atoms in total. The Bertz CT molecular complexity index is 122. The molecule has 0 fully saturated rings. The van der Waals surface area contributed by atoms with E-state index in [1.165, 1.54) is 6.08 Å². The molecule has 16 heavy (non-hydrogen) atoms. The van der Waals surface area contributed by atoms with Gasteiger partial charge in [0.2, 0.25) is 0 Å². The van der Waals surface area contributed by atoms with E-state index in [1.54, 1.807) is 12.2 Å². The molecule has 0 unspecified atom stereocenters. The lowest BCUT2D eigenvalue weighted by atomic mass is 10.3. The zero-order valence-corrected chi connectivity index (χ0v) is 12.6. The highest BCUT2D eigenvalue weighted by atomic mass is 16.1. The Morgan fingerprint density at radius 3 is 1.19 bits per heavy atom. The quantitative estimate of drug-likeness (QED) is 0.349. The molecule has 0 heterocycles. The number of allylic oxidation sites excluding steroid dienone is 4. The van der Waals surface area contributed by atoms with Crippen molar-refractivity contribution in [2.75, 3.05) is 0 Å². The van der Waals surface area contributed by atoms with Gasteiger partial charge in [-0.3, -0.25) is 4.79 Å². The minimum atomic E-state index is 0.556. The summed E-state index contributed by atoms with van der Waals surface area (Å²) in [5.41, 5.74) is 0.556. The van der Waals surface area contributed by atoms with Gasteiger partial charge in [-0.2, -0.15) is 0 Å². The summed E-state index contributed by atoms with van der Waals surface area (Å²) < 4.78 is 0. The SMILES string of the molecule is C=C/C=C(\C=C)C=O.CC.CC.CC.CC. The summed E-state index contributed by atoms with van der Waals surface area (Å²) in [6.45, 7) is 22.8. The maximum absolute atomic E-state index is 9.94. The maximum Gasteiger partial charge on any atom is 0.150 e. The second-order valence-corrected chi connectivity index (χ2v) is 1.22. The summed E-state index contributed by atoms with van der Waals surface area (Å²) in [4.78, 5) is 9.94. The highest BCUT2D eigenvalue weighted by molar-refractivity contribution is 5.77. The first-order valence-corrected chi connectivity index (χ1v) is 6.25. The number of hydrogen-bond acceptors (Lipinski definition) is 1. The first-order chi connectivity index (χ1) is 7.85. The van der Waals surface area contributed by atoms with Crippen LogP contribution in [0.3, 0.4) is 0 Å². The molecular weight excluding hydrogens is 196 g/mol. The van der Waals surface area contributed by atoms with Crippen LogP contribution in [-0.2, 0) is 4.79 Å². The van der Waals surface area contributed by atoms with Gasteiger partial charge in [-0.15, -0.1) is 0 Å². The van der Waals surface area contributed by atoms with Crippen molar-refractivity contribution < 1.29 is 4.79 Å². The molecule has 0 amide bonds. The van der Waals surface area contributed by atoms with E-state index in [1.807, 2.05) is 55.4 Å². The maximum atomic E-state index is 9.94. The van der Waals surface area contributed by atoms with Gasteiger partial charge in [0.1, 0.15) is 6.29 Å². The van der Waals surface area contributed by atoms with Gasteiger partial charge < -0.3 is 0 Å². The van der Waals surface area contributed by atoms with Gasteiger partial charge in [0.05, 0.1) is 0 Å². The van der Waals surface area contributed by atoms with Crippen LogP contribution in [0.25, 0.3) is 0 Å². The van der Waals surface area contributed by atoms with Crippen LogP contribution in [0, 0.1) is 0 Å². The molecule has 0 saturated carbocycles. The van der Waals surface area contributed by atoms with Crippen molar-refractivity contribution >= 4 is 6.29 Å². The Balaban J connectivity index is -0.0000000426. The second-order valence-electron chi connectivity index (χ2n) is 1.22. The third-order valence-electron chi connectivity index (χ3n) is 0.682. The van der Waals surface area contributed by atoms with Crippen LogP contribution < -0.4 is 0 Å². The van der Waals surface area contributed by atoms with Crippen molar-refractivity contribution in [1.29, 1.82) is 0 Å². The summed E-state index contributed by atoms with van der Waals surface area (Å²) in [5, 5.41) is 0. The molecule has 0 spiro atoms. The number of rotatable bonds is 3. The third kappa shape index (κ3) is 52.5. The van der Waals surface area contributed by atoms with Gasteiger partial charge in [-0.1, -0.05) is 86.8 Å². The van der Waals surface area contributed by atoms with Crippen LogP contribution >= 0.6 is 0 Å². The van der Waals surface area contributed by atoms with Gasteiger partial charge in [-0.25, -0.2) is 0 Å². The fraction of sp³-hybridized carbons (Fsp3) is 0.533. The predicted molar refractivity (Wildman–Crippen MR) is 79.9 cm³/mol. The number of aldehydes is 1. The zero-order valence-electron chi connectivity index (χ0n) is 12.6. The van der Waals surface area contributed by atoms with Gasteiger partial charge in [0.15, 0.2) is 0 Å². The van der Waals surface area contributed by atoms with Gasteiger partial charge in [-0.05, 0) is 0 Å². The summed E-state index contributed by atoms with van der Waals surface area (Å²) in [6.07, 6.45) is 5.36. The van der Waals surface area contributed by atoms with Gasteiger partial charge in [0, 0.05) is 5.57 Å². The summed E-state index contributed by atoms with van der Waals surface area (Å²) in [5.74, 6) is 0. The number of carbonyl (C=O) groups excluding carboxylic acids is 1. The van der Waals surface area contributed by atoms with Crippen LogP contribution in [0.15, 0.2) is 37.0 Å². The molecule has 0 aliphatic heterocycles. The fourth-order valence-electron chi connectivity index (χ4n) is 0.292. The first-order valence-electron chi connectivity index (χ1n) is 6.25. The van der Waals surface area contributed by atoms with Crippen LogP contribution in [0.4, 0.5) is 0 Å². The van der Waals surface area contributed by atoms with Crippen molar-refractivity contribution in [1.82, 2.24) is 0 Å². The predicted octanol–water partition coefficient (Wildman–Crippen LogP) is 5.59. The highest BCUT2D eigenvalue weighted by Gasteiger charge is 1.79. The second kappa shape index (κ2) is 66.5. The largest absolute Gasteiger partial charge is 0.298 e. The van der Waals surface area contributed by atoms with E-state index >= 15 is 0 Å².